The highest BCUT2D eigenvalue weighted by atomic mass is 35.5. The van der Waals surface area contributed by atoms with Crippen LogP contribution in [0.1, 0.15) is 26.2 Å². The Hall–Kier alpha value is -1.26. The predicted octanol–water partition coefficient (Wildman–Crippen LogP) is 3.45. The zero-order valence-corrected chi connectivity index (χ0v) is 12.6. The zero-order valence-electron chi connectivity index (χ0n) is 11.9. The molecule has 0 spiro atoms. The maximum atomic E-state index is 11.7. The van der Waals surface area contributed by atoms with Crippen molar-refractivity contribution >= 4 is 23.2 Å². The normalized spacial score (nSPS) is 10.3. The van der Waals surface area contributed by atoms with Crippen LogP contribution in [0.2, 0.25) is 0 Å². The van der Waals surface area contributed by atoms with Gasteiger partial charge in [0, 0.05) is 31.2 Å². The lowest BCUT2D eigenvalue weighted by Crippen LogP contribution is -2.12. The SMILES string of the molecule is CCOCCCC(=O)Nc1ccc(OCCCCl)cc1. The molecule has 0 aromatic heterocycles. The number of alkyl halides is 1. The van der Waals surface area contributed by atoms with E-state index in [-0.39, 0.29) is 5.91 Å². The minimum atomic E-state index is 0.000474. The van der Waals surface area contributed by atoms with E-state index in [1.807, 2.05) is 31.2 Å². The van der Waals surface area contributed by atoms with E-state index in [9.17, 15) is 4.79 Å². The molecule has 0 fully saturated rings. The summed E-state index contributed by atoms with van der Waals surface area (Å²) in [5, 5.41) is 2.84. The Labute approximate surface area is 125 Å². The van der Waals surface area contributed by atoms with E-state index in [4.69, 9.17) is 21.1 Å². The first-order chi connectivity index (χ1) is 9.76. The van der Waals surface area contributed by atoms with Gasteiger partial charge in [0.15, 0.2) is 0 Å². The van der Waals surface area contributed by atoms with Crippen molar-refractivity contribution in [3.63, 3.8) is 0 Å². The third kappa shape index (κ3) is 7.36. The molecule has 1 rings (SSSR count). The molecule has 1 aromatic rings. The molecule has 1 aromatic carbocycles. The van der Waals surface area contributed by atoms with Gasteiger partial charge in [-0.05, 0) is 44.0 Å². The summed E-state index contributed by atoms with van der Waals surface area (Å²) in [5.74, 6) is 1.38. The molecule has 1 amide bonds. The second-order valence-corrected chi connectivity index (χ2v) is 4.64. The van der Waals surface area contributed by atoms with Gasteiger partial charge in [0.25, 0.3) is 0 Å². The van der Waals surface area contributed by atoms with Crippen LogP contribution in [0.5, 0.6) is 5.75 Å². The molecular weight excluding hydrogens is 278 g/mol. The smallest absolute Gasteiger partial charge is 0.224 e. The molecule has 0 aliphatic heterocycles. The lowest BCUT2D eigenvalue weighted by molar-refractivity contribution is -0.116. The van der Waals surface area contributed by atoms with E-state index >= 15 is 0 Å². The average molecular weight is 300 g/mol. The number of amides is 1. The van der Waals surface area contributed by atoms with Crippen LogP contribution < -0.4 is 10.1 Å². The summed E-state index contributed by atoms with van der Waals surface area (Å²) in [6.07, 6.45) is 2.02. The van der Waals surface area contributed by atoms with E-state index < -0.39 is 0 Å². The third-order valence-electron chi connectivity index (χ3n) is 2.58. The number of halogens is 1. The molecule has 0 saturated heterocycles. The van der Waals surface area contributed by atoms with Crippen LogP contribution in [-0.2, 0) is 9.53 Å². The Morgan fingerprint density at radius 2 is 1.95 bits per heavy atom. The number of anilines is 1. The lowest BCUT2D eigenvalue weighted by Gasteiger charge is -2.08. The van der Waals surface area contributed by atoms with Gasteiger partial charge >= 0.3 is 0 Å². The molecule has 0 atom stereocenters. The minimum Gasteiger partial charge on any atom is -0.494 e. The van der Waals surface area contributed by atoms with Crippen molar-refractivity contribution in [3.8, 4) is 5.75 Å². The van der Waals surface area contributed by atoms with E-state index in [0.717, 1.165) is 24.3 Å². The van der Waals surface area contributed by atoms with Crippen molar-refractivity contribution in [2.75, 3.05) is 31.0 Å². The molecular formula is C15H22ClNO3. The molecule has 4 nitrogen and oxygen atoms in total. The number of hydrogen-bond donors (Lipinski definition) is 1. The minimum absolute atomic E-state index is 0.000474. The van der Waals surface area contributed by atoms with Gasteiger partial charge in [-0.1, -0.05) is 0 Å². The Bertz CT molecular complexity index is 381. The van der Waals surface area contributed by atoms with E-state index in [2.05, 4.69) is 5.32 Å². The van der Waals surface area contributed by atoms with Crippen molar-refractivity contribution in [3.05, 3.63) is 24.3 Å². The van der Waals surface area contributed by atoms with E-state index in [1.165, 1.54) is 0 Å². The summed E-state index contributed by atoms with van der Waals surface area (Å²) < 4.78 is 10.7. The van der Waals surface area contributed by atoms with Gasteiger partial charge in [0.2, 0.25) is 5.91 Å². The predicted molar refractivity (Wildman–Crippen MR) is 81.6 cm³/mol. The van der Waals surface area contributed by atoms with Crippen molar-refractivity contribution in [2.45, 2.75) is 26.2 Å². The standard InChI is InChI=1S/C15H22ClNO3/c1-2-19-11-3-5-15(18)17-13-6-8-14(9-7-13)20-12-4-10-16/h6-9H,2-5,10-12H2,1H3,(H,17,18). The maximum Gasteiger partial charge on any atom is 0.224 e. The fraction of sp³-hybridized carbons (Fsp3) is 0.533. The molecule has 112 valence electrons. The van der Waals surface area contributed by atoms with E-state index in [0.29, 0.717) is 32.1 Å². The highest BCUT2D eigenvalue weighted by Gasteiger charge is 2.02. The second kappa shape index (κ2) is 10.5. The molecule has 0 aliphatic rings. The summed E-state index contributed by atoms with van der Waals surface area (Å²) in [6, 6.07) is 7.33. The van der Waals surface area contributed by atoms with Gasteiger partial charge in [-0.15, -0.1) is 11.6 Å². The fourth-order valence-electron chi connectivity index (χ4n) is 1.58. The van der Waals surface area contributed by atoms with Gasteiger partial charge < -0.3 is 14.8 Å². The number of carbonyl (C=O) groups excluding carboxylic acids is 1. The van der Waals surface area contributed by atoms with Gasteiger partial charge in [0.1, 0.15) is 5.75 Å². The maximum absolute atomic E-state index is 11.7. The van der Waals surface area contributed by atoms with Crippen molar-refractivity contribution in [2.24, 2.45) is 0 Å². The van der Waals surface area contributed by atoms with Gasteiger partial charge in [0.05, 0.1) is 6.61 Å². The van der Waals surface area contributed by atoms with Gasteiger partial charge in [-0.3, -0.25) is 4.79 Å². The van der Waals surface area contributed by atoms with Crippen LogP contribution in [0.15, 0.2) is 24.3 Å². The summed E-state index contributed by atoms with van der Waals surface area (Å²) in [7, 11) is 0. The van der Waals surface area contributed by atoms with Crippen molar-refractivity contribution in [1.29, 1.82) is 0 Å². The van der Waals surface area contributed by atoms with Crippen molar-refractivity contribution < 1.29 is 14.3 Å². The van der Waals surface area contributed by atoms with Crippen LogP contribution in [0.4, 0.5) is 5.69 Å². The van der Waals surface area contributed by atoms with Gasteiger partial charge in [-0.25, -0.2) is 0 Å². The van der Waals surface area contributed by atoms with Gasteiger partial charge in [-0.2, -0.15) is 0 Å². The quantitative estimate of drug-likeness (QED) is 0.532. The number of hydrogen-bond acceptors (Lipinski definition) is 3. The summed E-state index contributed by atoms with van der Waals surface area (Å²) in [4.78, 5) is 11.7. The number of rotatable bonds is 10. The summed E-state index contributed by atoms with van der Waals surface area (Å²) >= 11 is 5.58. The highest BCUT2D eigenvalue weighted by molar-refractivity contribution is 6.17. The lowest BCUT2D eigenvalue weighted by atomic mass is 10.2. The van der Waals surface area contributed by atoms with Crippen LogP contribution in [0.3, 0.4) is 0 Å². The highest BCUT2D eigenvalue weighted by Crippen LogP contribution is 2.16. The zero-order chi connectivity index (χ0) is 14.6. The first-order valence-corrected chi connectivity index (χ1v) is 7.46. The van der Waals surface area contributed by atoms with Crippen molar-refractivity contribution in [1.82, 2.24) is 0 Å². The molecule has 0 radical (unpaired) electrons. The Balaban J connectivity index is 2.27. The number of carbonyl (C=O) groups is 1. The number of benzene rings is 1. The molecule has 20 heavy (non-hydrogen) atoms. The Kier molecular flexibility index (Phi) is 8.83. The summed E-state index contributed by atoms with van der Waals surface area (Å²) in [5.41, 5.74) is 0.774. The molecule has 0 unspecified atom stereocenters. The largest absolute Gasteiger partial charge is 0.494 e. The Morgan fingerprint density at radius 3 is 2.60 bits per heavy atom. The molecule has 0 heterocycles. The third-order valence-corrected chi connectivity index (χ3v) is 2.85. The molecule has 1 N–H and O–H groups in total. The molecule has 0 saturated carbocycles. The molecule has 0 aliphatic carbocycles. The first-order valence-electron chi connectivity index (χ1n) is 6.92. The van der Waals surface area contributed by atoms with E-state index in [1.54, 1.807) is 0 Å². The van der Waals surface area contributed by atoms with Crippen LogP contribution in [0, 0.1) is 0 Å². The monoisotopic (exact) mass is 299 g/mol. The molecule has 0 bridgehead atoms. The van der Waals surface area contributed by atoms with Crippen LogP contribution in [0.25, 0.3) is 0 Å². The summed E-state index contributed by atoms with van der Waals surface area (Å²) in [6.45, 7) is 3.85. The Morgan fingerprint density at radius 1 is 1.20 bits per heavy atom. The number of ether oxygens (including phenoxy) is 2. The average Bonchev–Trinajstić information content (AvgIpc) is 2.46. The van der Waals surface area contributed by atoms with Crippen LogP contribution >= 0.6 is 11.6 Å². The fourth-order valence-corrected chi connectivity index (χ4v) is 1.69. The first kappa shape index (κ1) is 16.8. The topological polar surface area (TPSA) is 47.6 Å². The number of nitrogens with one attached hydrogen (secondary N) is 1. The molecule has 5 heteroatoms. The second-order valence-electron chi connectivity index (χ2n) is 4.26. The van der Waals surface area contributed by atoms with Crippen LogP contribution in [-0.4, -0.2) is 31.6 Å².